The summed E-state index contributed by atoms with van der Waals surface area (Å²) in [5.41, 5.74) is 2.49. The third kappa shape index (κ3) is 2.82. The van der Waals surface area contributed by atoms with Crippen molar-refractivity contribution >= 4 is 14.0 Å². The van der Waals surface area contributed by atoms with Crippen LogP contribution in [0.1, 0.15) is 56.0 Å². The van der Waals surface area contributed by atoms with Crippen molar-refractivity contribution in [1.29, 1.82) is 0 Å². The van der Waals surface area contributed by atoms with E-state index < -0.39 is 8.07 Å². The van der Waals surface area contributed by atoms with Gasteiger partial charge in [0.15, 0.2) is 0 Å². The Morgan fingerprint density at radius 1 is 1.24 bits per heavy atom. The van der Waals surface area contributed by atoms with E-state index in [1.54, 1.807) is 0 Å². The zero-order valence-electron chi connectivity index (χ0n) is 13.8. The van der Waals surface area contributed by atoms with E-state index in [-0.39, 0.29) is 11.5 Å². The molecular weight excluding hydrogens is 280 g/mol. The Morgan fingerprint density at radius 2 is 1.86 bits per heavy atom. The Morgan fingerprint density at radius 3 is 2.43 bits per heavy atom. The lowest BCUT2D eigenvalue weighted by Crippen LogP contribution is -2.44. The Labute approximate surface area is 129 Å². The van der Waals surface area contributed by atoms with Gasteiger partial charge in [-0.05, 0) is 36.8 Å². The molecule has 0 amide bonds. The van der Waals surface area contributed by atoms with Crippen molar-refractivity contribution in [3.63, 3.8) is 0 Å². The fraction of sp³-hybridized carbons (Fsp3) is 0.706. The lowest BCUT2D eigenvalue weighted by Gasteiger charge is -2.34. The molecule has 0 radical (unpaired) electrons. The molecule has 4 heteroatoms. The maximum Gasteiger partial charge on any atom is 0.313 e. The smallest absolute Gasteiger partial charge is 0.313 e. The van der Waals surface area contributed by atoms with Crippen LogP contribution in [0.5, 0.6) is 0 Å². The number of furan rings is 1. The van der Waals surface area contributed by atoms with Gasteiger partial charge >= 0.3 is 5.97 Å². The van der Waals surface area contributed by atoms with E-state index in [1.807, 2.05) is 6.26 Å². The number of rotatable bonds is 6. The molecule has 0 aliphatic heterocycles. The first-order valence-corrected chi connectivity index (χ1v) is 11.0. The van der Waals surface area contributed by atoms with Gasteiger partial charge in [0.05, 0.1) is 21.4 Å². The first kappa shape index (κ1) is 16.3. The molecule has 0 bridgehead atoms. The molecule has 2 rings (SSSR count). The monoisotopic (exact) mass is 308 g/mol. The number of ether oxygens (including phenoxy) is 1. The molecule has 1 atom stereocenters. The molecule has 1 heterocycles. The van der Waals surface area contributed by atoms with Crippen LogP contribution in [0.2, 0.25) is 18.1 Å². The van der Waals surface area contributed by atoms with Crippen LogP contribution in [0.25, 0.3) is 0 Å². The van der Waals surface area contributed by atoms with Crippen molar-refractivity contribution in [3.8, 4) is 0 Å². The number of hydrogen-bond acceptors (Lipinski definition) is 3. The zero-order valence-corrected chi connectivity index (χ0v) is 14.8. The van der Waals surface area contributed by atoms with Crippen molar-refractivity contribution in [3.05, 3.63) is 23.2 Å². The fourth-order valence-electron chi connectivity index (χ4n) is 3.90. The molecule has 1 aliphatic rings. The molecule has 1 unspecified atom stereocenters. The largest absolute Gasteiger partial charge is 0.469 e. The highest BCUT2D eigenvalue weighted by Crippen LogP contribution is 2.41. The third-order valence-corrected chi connectivity index (χ3v) is 11.5. The molecule has 0 N–H and O–H groups in total. The summed E-state index contributed by atoms with van der Waals surface area (Å²) in [6.07, 6.45) is 6.46. The molecule has 0 saturated carbocycles. The number of esters is 1. The van der Waals surface area contributed by atoms with Crippen LogP contribution in [0.15, 0.2) is 10.7 Å². The first-order chi connectivity index (χ1) is 10.1. The minimum absolute atomic E-state index is 0.0880. The number of methoxy groups -OCH3 is 1. The quantitative estimate of drug-likeness (QED) is 0.575. The summed E-state index contributed by atoms with van der Waals surface area (Å²) >= 11 is 0. The van der Waals surface area contributed by atoms with Crippen LogP contribution >= 0.6 is 0 Å². The Kier molecular flexibility index (Phi) is 5.30. The van der Waals surface area contributed by atoms with Gasteiger partial charge < -0.3 is 9.15 Å². The van der Waals surface area contributed by atoms with Crippen LogP contribution in [-0.2, 0) is 22.4 Å². The van der Waals surface area contributed by atoms with Crippen LogP contribution in [0, 0.1) is 0 Å². The van der Waals surface area contributed by atoms with Gasteiger partial charge in [0.25, 0.3) is 0 Å². The van der Waals surface area contributed by atoms with Gasteiger partial charge in [-0.1, -0.05) is 38.9 Å². The SMILES string of the molecule is CC[Si](CC)(CC)C(C(=O)OC)c1occ2c1CCCC2. The van der Waals surface area contributed by atoms with E-state index in [9.17, 15) is 4.79 Å². The molecule has 21 heavy (non-hydrogen) atoms. The number of carbonyl (C=O) groups excluding carboxylic acids is 1. The topological polar surface area (TPSA) is 39.4 Å². The maximum absolute atomic E-state index is 12.6. The predicted octanol–water partition coefficient (Wildman–Crippen LogP) is 4.46. The molecular formula is C17H28O3Si. The molecule has 1 aromatic rings. The summed E-state index contributed by atoms with van der Waals surface area (Å²) in [5, 5.41) is 0. The van der Waals surface area contributed by atoms with E-state index in [0.29, 0.717) is 0 Å². The van der Waals surface area contributed by atoms with Gasteiger partial charge in [0.1, 0.15) is 11.3 Å². The van der Waals surface area contributed by atoms with Gasteiger partial charge in [0.2, 0.25) is 0 Å². The number of aryl methyl sites for hydroxylation is 1. The van der Waals surface area contributed by atoms with Crippen molar-refractivity contribution in [2.24, 2.45) is 0 Å². The fourth-order valence-corrected chi connectivity index (χ4v) is 8.04. The second-order valence-corrected chi connectivity index (χ2v) is 11.6. The van der Waals surface area contributed by atoms with Gasteiger partial charge in [-0.15, -0.1) is 0 Å². The summed E-state index contributed by atoms with van der Waals surface area (Å²) in [6.45, 7) is 6.68. The number of fused-ring (bicyclic) bond motifs is 1. The van der Waals surface area contributed by atoms with Crippen LogP contribution in [0.4, 0.5) is 0 Å². The molecule has 1 aliphatic carbocycles. The second-order valence-electron chi connectivity index (χ2n) is 6.19. The number of hydrogen-bond donors (Lipinski definition) is 0. The van der Waals surface area contributed by atoms with Gasteiger partial charge in [-0.2, -0.15) is 0 Å². The highest BCUT2D eigenvalue weighted by molar-refractivity contribution is 6.83. The van der Waals surface area contributed by atoms with Gasteiger partial charge in [-0.3, -0.25) is 4.79 Å². The lowest BCUT2D eigenvalue weighted by atomic mass is 9.93. The maximum atomic E-state index is 12.6. The predicted molar refractivity (Wildman–Crippen MR) is 87.3 cm³/mol. The molecule has 118 valence electrons. The van der Waals surface area contributed by atoms with Gasteiger partial charge in [-0.25, -0.2) is 0 Å². The van der Waals surface area contributed by atoms with E-state index in [4.69, 9.17) is 9.15 Å². The molecule has 0 spiro atoms. The van der Waals surface area contributed by atoms with Crippen LogP contribution in [0.3, 0.4) is 0 Å². The van der Waals surface area contributed by atoms with Gasteiger partial charge in [0, 0.05) is 0 Å². The minimum atomic E-state index is -1.76. The van der Waals surface area contributed by atoms with E-state index >= 15 is 0 Å². The van der Waals surface area contributed by atoms with Crippen molar-refractivity contribution < 1.29 is 13.9 Å². The van der Waals surface area contributed by atoms with E-state index in [0.717, 1.165) is 36.7 Å². The van der Waals surface area contributed by atoms with E-state index in [2.05, 4.69) is 20.8 Å². The highest BCUT2D eigenvalue weighted by Gasteiger charge is 2.46. The molecule has 0 aromatic carbocycles. The average Bonchev–Trinajstić information content (AvgIpc) is 2.96. The third-order valence-electron chi connectivity index (χ3n) is 5.56. The lowest BCUT2D eigenvalue weighted by molar-refractivity contribution is -0.140. The summed E-state index contributed by atoms with van der Waals surface area (Å²) in [4.78, 5) is 12.6. The van der Waals surface area contributed by atoms with E-state index in [1.165, 1.54) is 31.1 Å². The van der Waals surface area contributed by atoms with Crippen LogP contribution in [-0.4, -0.2) is 21.2 Å². The first-order valence-electron chi connectivity index (χ1n) is 8.30. The van der Waals surface area contributed by atoms with Crippen molar-refractivity contribution in [1.82, 2.24) is 0 Å². The minimum Gasteiger partial charge on any atom is -0.469 e. The normalized spacial score (nSPS) is 16.4. The summed E-state index contributed by atoms with van der Waals surface area (Å²) in [7, 11) is -0.258. The molecule has 0 saturated heterocycles. The summed E-state index contributed by atoms with van der Waals surface area (Å²) in [5.74, 6) is 0.851. The molecule has 3 nitrogen and oxygen atoms in total. The Bertz CT molecular complexity index is 480. The van der Waals surface area contributed by atoms with Crippen molar-refractivity contribution in [2.75, 3.05) is 7.11 Å². The Hall–Kier alpha value is -1.03. The van der Waals surface area contributed by atoms with Crippen molar-refractivity contribution in [2.45, 2.75) is 70.1 Å². The summed E-state index contributed by atoms with van der Waals surface area (Å²) < 4.78 is 11.1. The summed E-state index contributed by atoms with van der Waals surface area (Å²) in [6, 6.07) is 3.28. The highest BCUT2D eigenvalue weighted by atomic mass is 28.3. The van der Waals surface area contributed by atoms with Crippen LogP contribution < -0.4 is 0 Å². The zero-order chi connectivity index (χ0) is 15.5. The Balaban J connectivity index is 2.50. The average molecular weight is 308 g/mol. The standard InChI is InChI=1S/C17H28O3Si/c1-5-21(6-2,7-3)16(17(18)19-4)15-14-11-9-8-10-13(14)12-20-15/h12,16H,5-11H2,1-4H3. The number of carbonyl (C=O) groups is 1. The molecule has 0 fully saturated rings. The second kappa shape index (κ2) is 6.82. The molecule has 1 aromatic heterocycles.